The van der Waals surface area contributed by atoms with Gasteiger partial charge >= 0.3 is 6.03 Å². The van der Waals surface area contributed by atoms with Gasteiger partial charge in [-0.15, -0.1) is 0 Å². The molecule has 0 heterocycles. The minimum atomic E-state index is -0.0408. The summed E-state index contributed by atoms with van der Waals surface area (Å²) in [5, 5.41) is 5.99. The highest BCUT2D eigenvalue weighted by Crippen LogP contribution is 2.40. The Morgan fingerprint density at radius 3 is 2.40 bits per heavy atom. The van der Waals surface area contributed by atoms with Gasteiger partial charge < -0.3 is 10.6 Å². The molecule has 20 heavy (non-hydrogen) atoms. The Labute approximate surface area is 122 Å². The molecule has 1 fully saturated rings. The number of benzene rings is 1. The number of nitrogens with one attached hydrogen (secondary N) is 2. The molecule has 1 aliphatic carbocycles. The molecule has 3 nitrogen and oxygen atoms in total. The molecule has 0 atom stereocenters. The average molecular weight is 274 g/mol. The second kappa shape index (κ2) is 6.78. The second-order valence-corrected chi connectivity index (χ2v) is 6.31. The maximum Gasteiger partial charge on any atom is 0.314 e. The number of amides is 2. The maximum absolute atomic E-state index is 11.9. The van der Waals surface area contributed by atoms with Gasteiger partial charge in [-0.05, 0) is 24.3 Å². The van der Waals surface area contributed by atoms with Crippen LogP contribution in [0, 0.1) is 5.92 Å². The summed E-state index contributed by atoms with van der Waals surface area (Å²) in [6, 6.07) is 10.6. The largest absolute Gasteiger partial charge is 0.338 e. The Balaban J connectivity index is 1.95. The molecule has 110 valence electrons. The van der Waals surface area contributed by atoms with E-state index in [0.717, 1.165) is 13.1 Å². The number of carbonyl (C=O) groups is 1. The summed E-state index contributed by atoms with van der Waals surface area (Å²) in [6.07, 6.45) is 4.84. The molecule has 0 bridgehead atoms. The lowest BCUT2D eigenvalue weighted by molar-refractivity contribution is 0.236. The topological polar surface area (TPSA) is 41.1 Å². The Morgan fingerprint density at radius 1 is 1.15 bits per heavy atom. The fourth-order valence-electron chi connectivity index (χ4n) is 3.02. The molecule has 1 aromatic carbocycles. The summed E-state index contributed by atoms with van der Waals surface area (Å²) < 4.78 is 0. The van der Waals surface area contributed by atoms with Crippen LogP contribution in [0.3, 0.4) is 0 Å². The van der Waals surface area contributed by atoms with Gasteiger partial charge in [0.15, 0.2) is 0 Å². The molecule has 0 spiro atoms. The number of carbonyl (C=O) groups excluding carboxylic acids is 1. The molecule has 0 aromatic heterocycles. The Kier molecular flexibility index (Phi) is 5.05. The zero-order valence-electron chi connectivity index (χ0n) is 12.6. The van der Waals surface area contributed by atoms with Gasteiger partial charge in [0, 0.05) is 18.5 Å². The van der Waals surface area contributed by atoms with Crippen molar-refractivity contribution in [2.45, 2.75) is 44.9 Å². The van der Waals surface area contributed by atoms with Crippen molar-refractivity contribution >= 4 is 6.03 Å². The molecule has 2 amide bonds. The van der Waals surface area contributed by atoms with Crippen LogP contribution in [0.2, 0.25) is 0 Å². The number of urea groups is 1. The van der Waals surface area contributed by atoms with Crippen molar-refractivity contribution in [1.29, 1.82) is 0 Å². The number of hydrogen-bond donors (Lipinski definition) is 2. The molecule has 1 aromatic rings. The van der Waals surface area contributed by atoms with Gasteiger partial charge in [0.05, 0.1) is 0 Å². The summed E-state index contributed by atoms with van der Waals surface area (Å²) >= 11 is 0. The molecule has 2 N–H and O–H groups in total. The fraction of sp³-hybridized carbons (Fsp3) is 0.588. The van der Waals surface area contributed by atoms with Gasteiger partial charge in [-0.2, -0.15) is 0 Å². The van der Waals surface area contributed by atoms with Crippen LogP contribution >= 0.6 is 0 Å². The van der Waals surface area contributed by atoms with E-state index in [1.807, 2.05) is 0 Å². The van der Waals surface area contributed by atoms with Crippen molar-refractivity contribution < 1.29 is 4.79 Å². The SMILES string of the molecule is CC(C)CNC(=O)NCC1(c2ccccc2)CCCC1. The van der Waals surface area contributed by atoms with E-state index in [1.165, 1.54) is 31.2 Å². The standard InChI is InChI=1S/C17H26N2O/c1-14(2)12-18-16(20)19-13-17(10-6-7-11-17)15-8-4-3-5-9-15/h3-5,8-9,14H,6-7,10-13H2,1-2H3,(H2,18,19,20). The molecule has 3 heteroatoms. The van der Waals surface area contributed by atoms with Crippen LogP contribution in [-0.2, 0) is 5.41 Å². The summed E-state index contributed by atoms with van der Waals surface area (Å²) in [6.45, 7) is 5.66. The smallest absolute Gasteiger partial charge is 0.314 e. The van der Waals surface area contributed by atoms with E-state index in [0.29, 0.717) is 5.92 Å². The normalized spacial score (nSPS) is 17.1. The first-order valence-electron chi connectivity index (χ1n) is 7.70. The lowest BCUT2D eigenvalue weighted by Crippen LogP contribution is -2.44. The predicted octanol–water partition coefficient (Wildman–Crippen LogP) is 3.45. The molecule has 0 saturated heterocycles. The molecule has 0 unspecified atom stereocenters. The Morgan fingerprint density at radius 2 is 1.80 bits per heavy atom. The van der Waals surface area contributed by atoms with Crippen molar-refractivity contribution in [2.24, 2.45) is 5.92 Å². The molecular formula is C17H26N2O. The summed E-state index contributed by atoms with van der Waals surface area (Å²) in [4.78, 5) is 11.9. The van der Waals surface area contributed by atoms with Crippen molar-refractivity contribution in [1.82, 2.24) is 10.6 Å². The summed E-state index contributed by atoms with van der Waals surface area (Å²) in [5.41, 5.74) is 1.50. The van der Waals surface area contributed by atoms with E-state index < -0.39 is 0 Å². The summed E-state index contributed by atoms with van der Waals surface area (Å²) in [7, 11) is 0. The maximum atomic E-state index is 11.9. The quantitative estimate of drug-likeness (QED) is 0.848. The van der Waals surface area contributed by atoms with Crippen LogP contribution < -0.4 is 10.6 Å². The van der Waals surface area contributed by atoms with Crippen LogP contribution in [0.1, 0.15) is 45.1 Å². The van der Waals surface area contributed by atoms with Crippen LogP contribution in [0.4, 0.5) is 4.79 Å². The number of rotatable bonds is 5. The highest BCUT2D eigenvalue weighted by molar-refractivity contribution is 5.74. The van der Waals surface area contributed by atoms with E-state index in [4.69, 9.17) is 0 Å². The van der Waals surface area contributed by atoms with Crippen LogP contribution in [0.15, 0.2) is 30.3 Å². The van der Waals surface area contributed by atoms with Gasteiger partial charge in [-0.3, -0.25) is 0 Å². The van der Waals surface area contributed by atoms with Crippen molar-refractivity contribution in [3.8, 4) is 0 Å². The lowest BCUT2D eigenvalue weighted by atomic mass is 9.79. The molecule has 0 radical (unpaired) electrons. The first kappa shape index (κ1) is 14.9. The zero-order chi connectivity index (χ0) is 14.4. The minimum Gasteiger partial charge on any atom is -0.338 e. The summed E-state index contributed by atoms with van der Waals surface area (Å²) in [5.74, 6) is 0.482. The van der Waals surface area contributed by atoms with Crippen molar-refractivity contribution in [2.75, 3.05) is 13.1 Å². The fourth-order valence-corrected chi connectivity index (χ4v) is 3.02. The third-order valence-electron chi connectivity index (χ3n) is 4.21. The Hall–Kier alpha value is -1.51. The first-order chi connectivity index (χ1) is 9.62. The van der Waals surface area contributed by atoms with Gasteiger partial charge in [-0.25, -0.2) is 4.79 Å². The third-order valence-corrected chi connectivity index (χ3v) is 4.21. The van der Waals surface area contributed by atoms with E-state index in [1.54, 1.807) is 0 Å². The van der Waals surface area contributed by atoms with Crippen molar-refractivity contribution in [3.63, 3.8) is 0 Å². The van der Waals surface area contributed by atoms with Gasteiger partial charge in [0.2, 0.25) is 0 Å². The van der Waals surface area contributed by atoms with Crippen molar-refractivity contribution in [3.05, 3.63) is 35.9 Å². The average Bonchev–Trinajstić information content (AvgIpc) is 2.94. The molecular weight excluding hydrogens is 248 g/mol. The molecule has 0 aliphatic heterocycles. The van der Waals surface area contributed by atoms with Gasteiger partial charge in [0.25, 0.3) is 0 Å². The van der Waals surface area contributed by atoms with Gasteiger partial charge in [-0.1, -0.05) is 57.0 Å². The highest BCUT2D eigenvalue weighted by Gasteiger charge is 2.35. The van der Waals surface area contributed by atoms with E-state index >= 15 is 0 Å². The van der Waals surface area contributed by atoms with Crippen LogP contribution in [0.5, 0.6) is 0 Å². The zero-order valence-corrected chi connectivity index (χ0v) is 12.6. The van der Waals surface area contributed by atoms with E-state index in [2.05, 4.69) is 54.8 Å². The molecule has 1 aliphatic rings. The second-order valence-electron chi connectivity index (χ2n) is 6.31. The Bertz CT molecular complexity index is 422. The highest BCUT2D eigenvalue weighted by atomic mass is 16.2. The lowest BCUT2D eigenvalue weighted by Gasteiger charge is -2.30. The monoisotopic (exact) mass is 274 g/mol. The minimum absolute atomic E-state index is 0.0408. The molecule has 1 saturated carbocycles. The predicted molar refractivity (Wildman–Crippen MR) is 82.8 cm³/mol. The van der Waals surface area contributed by atoms with E-state index in [9.17, 15) is 4.79 Å². The van der Waals surface area contributed by atoms with Crippen LogP contribution in [-0.4, -0.2) is 19.1 Å². The van der Waals surface area contributed by atoms with Gasteiger partial charge in [0.1, 0.15) is 0 Å². The van der Waals surface area contributed by atoms with Crippen LogP contribution in [0.25, 0.3) is 0 Å². The first-order valence-corrected chi connectivity index (χ1v) is 7.70. The third kappa shape index (κ3) is 3.75. The van der Waals surface area contributed by atoms with E-state index in [-0.39, 0.29) is 11.4 Å². The number of hydrogen-bond acceptors (Lipinski definition) is 1. The molecule has 2 rings (SSSR count).